The van der Waals surface area contributed by atoms with Crippen LogP contribution >= 0.6 is 0 Å². The number of amides is 1. The maximum absolute atomic E-state index is 13.0. The Labute approximate surface area is 183 Å². The minimum Gasteiger partial charge on any atom is -0.478 e. The number of aliphatic carboxylic acids is 1. The van der Waals surface area contributed by atoms with E-state index < -0.39 is 11.9 Å². The molecule has 1 aliphatic rings. The Morgan fingerprint density at radius 2 is 2.06 bits per heavy atom. The minimum absolute atomic E-state index is 0.161. The number of carboxylic acid groups (broad SMARTS) is 1. The van der Waals surface area contributed by atoms with E-state index in [1.54, 1.807) is 17.2 Å². The van der Waals surface area contributed by atoms with Crippen molar-refractivity contribution in [2.24, 2.45) is 11.0 Å². The second-order valence-corrected chi connectivity index (χ2v) is 7.75. The molecule has 31 heavy (non-hydrogen) atoms. The van der Waals surface area contributed by atoms with Crippen LogP contribution < -0.4 is 10.1 Å². The lowest BCUT2D eigenvalue weighted by Gasteiger charge is -2.34. The molecule has 0 radical (unpaired) electrons. The summed E-state index contributed by atoms with van der Waals surface area (Å²) in [5.74, 6) is -0.854. The molecule has 0 saturated carbocycles. The number of carboxylic acids is 1. The summed E-state index contributed by atoms with van der Waals surface area (Å²) in [6, 6.07) is 7.42. The summed E-state index contributed by atoms with van der Waals surface area (Å²) in [5.41, 5.74) is 2.72. The molecule has 7 heteroatoms. The average molecular weight is 426 g/mol. The van der Waals surface area contributed by atoms with E-state index in [9.17, 15) is 9.59 Å². The summed E-state index contributed by atoms with van der Waals surface area (Å²) in [4.78, 5) is 24.0. The van der Waals surface area contributed by atoms with Crippen molar-refractivity contribution in [1.82, 2.24) is 10.3 Å². The van der Waals surface area contributed by atoms with Crippen LogP contribution in [-0.4, -0.2) is 47.0 Å². The standard InChI is InChI=1S/C24H31N3O4/c1-7-19(12-11-16(3)24(29)30)17(4)25-23(28)21-14-22(27(6)26-18(21)5)31-20-10-8-9-15(2)13-20/h7-13,17,21-22H,1,14H2,2-6H3,(H,25,28)(H,29,30)/b16-11+,19-12+/t17-,21?,22?/m0/s1. The molecule has 1 aromatic carbocycles. The lowest BCUT2D eigenvalue weighted by molar-refractivity contribution is -0.132. The van der Waals surface area contributed by atoms with Crippen LogP contribution in [-0.2, 0) is 9.59 Å². The fraction of sp³-hybridized carbons (Fsp3) is 0.375. The number of carbonyl (C=O) groups is 2. The molecule has 0 fully saturated rings. The first kappa shape index (κ1) is 23.9. The number of hydrogen-bond donors (Lipinski definition) is 2. The van der Waals surface area contributed by atoms with Crippen molar-refractivity contribution in [3.8, 4) is 5.75 Å². The molecule has 0 spiro atoms. The average Bonchev–Trinajstić information content (AvgIpc) is 2.70. The molecule has 2 unspecified atom stereocenters. The molecule has 0 aliphatic carbocycles. The topological polar surface area (TPSA) is 91.2 Å². The van der Waals surface area contributed by atoms with Gasteiger partial charge in [-0.2, -0.15) is 5.10 Å². The van der Waals surface area contributed by atoms with Crippen LogP contribution in [0.1, 0.15) is 32.8 Å². The summed E-state index contributed by atoms with van der Waals surface area (Å²) in [6.07, 6.45) is 4.85. The predicted molar refractivity (Wildman–Crippen MR) is 122 cm³/mol. The Kier molecular flexibility index (Phi) is 8.19. The zero-order valence-corrected chi connectivity index (χ0v) is 18.8. The highest BCUT2D eigenvalue weighted by Crippen LogP contribution is 2.24. The number of nitrogens with zero attached hydrogens (tertiary/aromatic N) is 2. The van der Waals surface area contributed by atoms with Crippen molar-refractivity contribution >= 4 is 17.6 Å². The monoisotopic (exact) mass is 425 g/mol. The first-order chi connectivity index (χ1) is 14.6. The maximum atomic E-state index is 13.0. The number of aryl methyl sites for hydroxylation is 1. The van der Waals surface area contributed by atoms with Crippen LogP contribution in [0.5, 0.6) is 5.75 Å². The molecule has 166 valence electrons. The van der Waals surface area contributed by atoms with Crippen molar-refractivity contribution in [2.45, 2.75) is 46.4 Å². The minimum atomic E-state index is -0.992. The number of nitrogens with one attached hydrogen (secondary N) is 1. The molecule has 3 atom stereocenters. The van der Waals surface area contributed by atoms with E-state index in [0.717, 1.165) is 11.3 Å². The van der Waals surface area contributed by atoms with Crippen LogP contribution in [0.2, 0.25) is 0 Å². The van der Waals surface area contributed by atoms with Gasteiger partial charge in [-0.3, -0.25) is 9.80 Å². The van der Waals surface area contributed by atoms with Gasteiger partial charge in [0.25, 0.3) is 0 Å². The highest BCUT2D eigenvalue weighted by atomic mass is 16.5. The van der Waals surface area contributed by atoms with E-state index in [-0.39, 0.29) is 23.8 Å². The zero-order chi connectivity index (χ0) is 23.1. The number of benzene rings is 1. The lowest BCUT2D eigenvalue weighted by Crippen LogP contribution is -2.48. The molecule has 1 aliphatic heterocycles. The fourth-order valence-corrected chi connectivity index (χ4v) is 3.25. The van der Waals surface area contributed by atoms with Crippen LogP contribution in [0.4, 0.5) is 0 Å². The van der Waals surface area contributed by atoms with Gasteiger partial charge in [0.05, 0.1) is 12.0 Å². The van der Waals surface area contributed by atoms with E-state index in [2.05, 4.69) is 17.0 Å². The second kappa shape index (κ2) is 10.6. The van der Waals surface area contributed by atoms with Crippen molar-refractivity contribution in [3.05, 3.63) is 65.8 Å². The number of hydrogen-bond acceptors (Lipinski definition) is 5. The van der Waals surface area contributed by atoms with Crippen LogP contribution in [0.25, 0.3) is 0 Å². The third-order valence-electron chi connectivity index (χ3n) is 5.21. The van der Waals surface area contributed by atoms with Crippen molar-refractivity contribution < 1.29 is 19.4 Å². The van der Waals surface area contributed by atoms with Gasteiger partial charge in [0.2, 0.25) is 5.91 Å². The van der Waals surface area contributed by atoms with Gasteiger partial charge in [0.15, 0.2) is 6.23 Å². The SMILES string of the molecule is C=C/C(=C\C=C(/C)C(=O)O)[C@H](C)NC(=O)C1CC(Oc2cccc(C)c2)N(C)N=C1C. The summed E-state index contributed by atoms with van der Waals surface area (Å²) < 4.78 is 6.09. The van der Waals surface area contributed by atoms with Crippen molar-refractivity contribution in [2.75, 3.05) is 7.05 Å². The van der Waals surface area contributed by atoms with E-state index in [1.165, 1.54) is 13.0 Å². The summed E-state index contributed by atoms with van der Waals surface area (Å²) >= 11 is 0. The summed E-state index contributed by atoms with van der Waals surface area (Å²) in [7, 11) is 1.83. The molecule has 2 N–H and O–H groups in total. The summed E-state index contributed by atoms with van der Waals surface area (Å²) in [6.45, 7) is 10.9. The van der Waals surface area contributed by atoms with Gasteiger partial charge in [0.1, 0.15) is 5.75 Å². The predicted octanol–water partition coefficient (Wildman–Crippen LogP) is 3.68. The Morgan fingerprint density at radius 3 is 2.68 bits per heavy atom. The van der Waals surface area contributed by atoms with E-state index in [1.807, 2.05) is 52.1 Å². The number of carbonyl (C=O) groups excluding carboxylic acids is 1. The van der Waals surface area contributed by atoms with Gasteiger partial charge in [-0.15, -0.1) is 0 Å². The molecule has 2 rings (SSSR count). The van der Waals surface area contributed by atoms with Gasteiger partial charge < -0.3 is 15.2 Å². The molecule has 1 heterocycles. The highest BCUT2D eigenvalue weighted by Gasteiger charge is 2.33. The Morgan fingerprint density at radius 1 is 1.35 bits per heavy atom. The Bertz CT molecular complexity index is 933. The molecular formula is C24H31N3O4. The first-order valence-corrected chi connectivity index (χ1v) is 10.2. The summed E-state index contributed by atoms with van der Waals surface area (Å²) in [5, 5.41) is 18.2. The Hall–Kier alpha value is -3.35. The van der Waals surface area contributed by atoms with E-state index in [4.69, 9.17) is 9.84 Å². The zero-order valence-electron chi connectivity index (χ0n) is 18.8. The molecular weight excluding hydrogens is 394 g/mol. The largest absolute Gasteiger partial charge is 0.478 e. The highest BCUT2D eigenvalue weighted by molar-refractivity contribution is 6.03. The van der Waals surface area contributed by atoms with Crippen LogP contribution in [0.15, 0.2) is 65.3 Å². The number of allylic oxidation sites excluding steroid dienone is 2. The van der Waals surface area contributed by atoms with Crippen molar-refractivity contribution in [1.29, 1.82) is 0 Å². The van der Waals surface area contributed by atoms with Gasteiger partial charge in [-0.05, 0) is 51.0 Å². The van der Waals surface area contributed by atoms with Gasteiger partial charge >= 0.3 is 5.97 Å². The normalized spacial score (nSPS) is 20.5. The van der Waals surface area contributed by atoms with Crippen molar-refractivity contribution in [3.63, 3.8) is 0 Å². The van der Waals surface area contributed by atoms with Gasteiger partial charge in [-0.1, -0.05) is 36.9 Å². The van der Waals surface area contributed by atoms with Crippen LogP contribution in [0, 0.1) is 12.8 Å². The lowest BCUT2D eigenvalue weighted by atomic mass is 9.95. The number of hydrazone groups is 1. The second-order valence-electron chi connectivity index (χ2n) is 7.75. The quantitative estimate of drug-likeness (QED) is 0.490. The fourth-order valence-electron chi connectivity index (χ4n) is 3.25. The molecule has 1 aromatic rings. The third-order valence-corrected chi connectivity index (χ3v) is 5.21. The Balaban J connectivity index is 2.11. The first-order valence-electron chi connectivity index (χ1n) is 10.2. The van der Waals surface area contributed by atoms with E-state index >= 15 is 0 Å². The third kappa shape index (κ3) is 6.57. The molecule has 0 saturated heterocycles. The smallest absolute Gasteiger partial charge is 0.331 e. The maximum Gasteiger partial charge on any atom is 0.331 e. The van der Waals surface area contributed by atoms with Gasteiger partial charge in [-0.25, -0.2) is 4.79 Å². The number of ether oxygens (including phenoxy) is 1. The van der Waals surface area contributed by atoms with Gasteiger partial charge in [0, 0.05) is 24.8 Å². The molecule has 1 amide bonds. The molecule has 0 bridgehead atoms. The molecule has 7 nitrogen and oxygen atoms in total. The molecule has 0 aromatic heterocycles. The number of rotatable bonds is 8. The van der Waals surface area contributed by atoms with Crippen LogP contribution in [0.3, 0.4) is 0 Å². The van der Waals surface area contributed by atoms with E-state index in [0.29, 0.717) is 17.7 Å².